The van der Waals surface area contributed by atoms with Crippen LogP contribution in [0.15, 0.2) is 35.3 Å². The van der Waals surface area contributed by atoms with Gasteiger partial charge in [0.15, 0.2) is 0 Å². The first-order chi connectivity index (χ1) is 9.76. The molecule has 0 bridgehead atoms. The predicted octanol–water partition coefficient (Wildman–Crippen LogP) is 2.02. The van der Waals surface area contributed by atoms with E-state index in [1.165, 1.54) is 12.2 Å². The SMILES string of the molecule is CCC1CN(Cc2cc(=O)n3ccccc3n2)CCS1. The molecule has 1 aliphatic rings. The highest BCUT2D eigenvalue weighted by Crippen LogP contribution is 2.21. The Kier molecular flexibility index (Phi) is 4.08. The molecule has 2 aromatic rings. The number of aromatic nitrogens is 2. The lowest BCUT2D eigenvalue weighted by molar-refractivity contribution is 0.270. The molecule has 1 unspecified atom stereocenters. The molecule has 1 atom stereocenters. The van der Waals surface area contributed by atoms with Crippen LogP contribution in [0.2, 0.25) is 0 Å². The summed E-state index contributed by atoms with van der Waals surface area (Å²) in [6.45, 7) is 5.19. The molecule has 0 aliphatic carbocycles. The fraction of sp³-hybridized carbons (Fsp3) is 0.467. The van der Waals surface area contributed by atoms with Gasteiger partial charge in [0, 0.05) is 42.9 Å². The largest absolute Gasteiger partial charge is 0.296 e. The van der Waals surface area contributed by atoms with E-state index in [0.29, 0.717) is 5.25 Å². The maximum Gasteiger partial charge on any atom is 0.258 e. The molecule has 2 aromatic heterocycles. The van der Waals surface area contributed by atoms with Crippen molar-refractivity contribution in [3.8, 4) is 0 Å². The highest BCUT2D eigenvalue weighted by molar-refractivity contribution is 8.00. The molecule has 0 N–H and O–H groups in total. The van der Waals surface area contributed by atoms with Crippen LogP contribution >= 0.6 is 11.8 Å². The van der Waals surface area contributed by atoms with E-state index in [9.17, 15) is 4.79 Å². The van der Waals surface area contributed by atoms with Crippen LogP contribution < -0.4 is 5.56 Å². The molecule has 4 nitrogen and oxygen atoms in total. The first-order valence-electron chi connectivity index (χ1n) is 7.07. The van der Waals surface area contributed by atoms with Gasteiger partial charge < -0.3 is 0 Å². The number of thioether (sulfide) groups is 1. The smallest absolute Gasteiger partial charge is 0.258 e. The topological polar surface area (TPSA) is 37.6 Å². The molecule has 1 aliphatic heterocycles. The third-order valence-electron chi connectivity index (χ3n) is 3.69. The molecular formula is C15H19N3OS. The Hall–Kier alpha value is -1.33. The van der Waals surface area contributed by atoms with E-state index in [1.54, 1.807) is 16.7 Å². The van der Waals surface area contributed by atoms with Crippen molar-refractivity contribution in [2.24, 2.45) is 0 Å². The quantitative estimate of drug-likeness (QED) is 0.866. The van der Waals surface area contributed by atoms with Gasteiger partial charge in [0.25, 0.3) is 5.56 Å². The maximum atomic E-state index is 12.1. The monoisotopic (exact) mass is 289 g/mol. The van der Waals surface area contributed by atoms with Gasteiger partial charge >= 0.3 is 0 Å². The van der Waals surface area contributed by atoms with Crippen molar-refractivity contribution < 1.29 is 0 Å². The minimum atomic E-state index is 0.00373. The van der Waals surface area contributed by atoms with Crippen LogP contribution in [0.25, 0.3) is 5.65 Å². The molecule has 1 fully saturated rings. The number of pyridine rings is 1. The van der Waals surface area contributed by atoms with E-state index >= 15 is 0 Å². The van der Waals surface area contributed by atoms with Gasteiger partial charge in [-0.25, -0.2) is 4.98 Å². The summed E-state index contributed by atoms with van der Waals surface area (Å²) in [5.41, 5.74) is 1.61. The number of hydrogen-bond acceptors (Lipinski definition) is 4. The Bertz CT molecular complexity index is 655. The van der Waals surface area contributed by atoms with Crippen LogP contribution in [0, 0.1) is 0 Å². The molecular weight excluding hydrogens is 270 g/mol. The van der Waals surface area contributed by atoms with E-state index in [-0.39, 0.29) is 5.56 Å². The normalized spacial score (nSPS) is 20.4. The number of fused-ring (bicyclic) bond motifs is 1. The van der Waals surface area contributed by atoms with Crippen molar-refractivity contribution in [2.45, 2.75) is 25.1 Å². The Morgan fingerprint density at radius 2 is 2.35 bits per heavy atom. The number of rotatable bonds is 3. The van der Waals surface area contributed by atoms with Gasteiger partial charge in [0.2, 0.25) is 0 Å². The second-order valence-corrected chi connectivity index (χ2v) is 6.56. The average molecular weight is 289 g/mol. The standard InChI is InChI=1S/C15H19N3OS/c1-2-13-11-17(7-8-20-13)10-12-9-15(19)18-6-4-3-5-14(18)16-12/h3-6,9,13H,2,7-8,10-11H2,1H3. The van der Waals surface area contributed by atoms with E-state index < -0.39 is 0 Å². The van der Waals surface area contributed by atoms with Gasteiger partial charge in [-0.3, -0.25) is 14.1 Å². The van der Waals surface area contributed by atoms with Crippen LogP contribution in [-0.4, -0.2) is 38.4 Å². The molecule has 1 saturated heterocycles. The summed E-state index contributed by atoms with van der Waals surface area (Å²) in [7, 11) is 0. The van der Waals surface area contributed by atoms with Crippen molar-refractivity contribution in [2.75, 3.05) is 18.8 Å². The Morgan fingerprint density at radius 1 is 1.45 bits per heavy atom. The lowest BCUT2D eigenvalue weighted by Crippen LogP contribution is -2.37. The summed E-state index contributed by atoms with van der Waals surface area (Å²) in [6.07, 6.45) is 2.97. The van der Waals surface area contributed by atoms with E-state index in [0.717, 1.165) is 31.0 Å². The summed E-state index contributed by atoms with van der Waals surface area (Å²) >= 11 is 2.06. The third-order valence-corrected chi connectivity index (χ3v) is 5.06. The van der Waals surface area contributed by atoms with Crippen LogP contribution in [0.4, 0.5) is 0 Å². The van der Waals surface area contributed by atoms with Crippen LogP contribution in [-0.2, 0) is 6.54 Å². The lowest BCUT2D eigenvalue weighted by atomic mass is 10.2. The first-order valence-corrected chi connectivity index (χ1v) is 8.12. The molecule has 5 heteroatoms. The minimum Gasteiger partial charge on any atom is -0.296 e. The van der Waals surface area contributed by atoms with Crippen molar-refractivity contribution >= 4 is 17.4 Å². The summed E-state index contributed by atoms with van der Waals surface area (Å²) in [4.78, 5) is 19.1. The number of hydrogen-bond donors (Lipinski definition) is 0. The van der Waals surface area contributed by atoms with Crippen LogP contribution in [0.5, 0.6) is 0 Å². The minimum absolute atomic E-state index is 0.00373. The molecule has 20 heavy (non-hydrogen) atoms. The lowest BCUT2D eigenvalue weighted by Gasteiger charge is -2.31. The average Bonchev–Trinajstić information content (AvgIpc) is 2.47. The number of nitrogens with zero attached hydrogens (tertiary/aromatic N) is 3. The van der Waals surface area contributed by atoms with Crippen molar-refractivity contribution in [1.82, 2.24) is 14.3 Å². The second-order valence-electron chi connectivity index (χ2n) is 5.15. The molecule has 0 radical (unpaired) electrons. The highest BCUT2D eigenvalue weighted by Gasteiger charge is 2.19. The third kappa shape index (κ3) is 2.88. The Morgan fingerprint density at radius 3 is 3.20 bits per heavy atom. The fourth-order valence-electron chi connectivity index (χ4n) is 2.58. The van der Waals surface area contributed by atoms with Gasteiger partial charge in [-0.05, 0) is 18.6 Å². The van der Waals surface area contributed by atoms with Crippen molar-refractivity contribution in [1.29, 1.82) is 0 Å². The second kappa shape index (κ2) is 5.97. The van der Waals surface area contributed by atoms with Gasteiger partial charge in [0.05, 0.1) is 5.69 Å². The maximum absolute atomic E-state index is 12.1. The fourth-order valence-corrected chi connectivity index (χ4v) is 3.83. The van der Waals surface area contributed by atoms with Gasteiger partial charge in [-0.15, -0.1) is 0 Å². The Labute approximate surface area is 122 Å². The predicted molar refractivity (Wildman–Crippen MR) is 83.3 cm³/mol. The zero-order valence-corrected chi connectivity index (χ0v) is 12.5. The molecule has 3 heterocycles. The Balaban J connectivity index is 1.82. The molecule has 0 saturated carbocycles. The van der Waals surface area contributed by atoms with E-state index in [2.05, 4.69) is 28.6 Å². The summed E-state index contributed by atoms with van der Waals surface area (Å²) in [6, 6.07) is 7.31. The van der Waals surface area contributed by atoms with Crippen molar-refractivity contribution in [3.63, 3.8) is 0 Å². The molecule has 3 rings (SSSR count). The van der Waals surface area contributed by atoms with Gasteiger partial charge in [-0.1, -0.05) is 13.0 Å². The summed E-state index contributed by atoms with van der Waals surface area (Å²) < 4.78 is 1.59. The van der Waals surface area contributed by atoms with E-state index in [1.807, 2.05) is 18.2 Å². The van der Waals surface area contributed by atoms with Crippen molar-refractivity contribution in [3.05, 3.63) is 46.5 Å². The first kappa shape index (κ1) is 13.6. The zero-order chi connectivity index (χ0) is 13.9. The van der Waals surface area contributed by atoms with Crippen LogP contribution in [0.3, 0.4) is 0 Å². The highest BCUT2D eigenvalue weighted by atomic mass is 32.2. The zero-order valence-electron chi connectivity index (χ0n) is 11.7. The molecule has 0 aromatic carbocycles. The van der Waals surface area contributed by atoms with Crippen LogP contribution in [0.1, 0.15) is 19.0 Å². The molecule has 0 spiro atoms. The molecule has 0 amide bonds. The van der Waals surface area contributed by atoms with Gasteiger partial charge in [-0.2, -0.15) is 11.8 Å². The molecule has 106 valence electrons. The summed E-state index contributed by atoms with van der Waals surface area (Å²) in [5, 5.41) is 0.713. The van der Waals surface area contributed by atoms with E-state index in [4.69, 9.17) is 0 Å². The van der Waals surface area contributed by atoms with Gasteiger partial charge in [0.1, 0.15) is 5.65 Å². The summed E-state index contributed by atoms with van der Waals surface area (Å²) in [5.74, 6) is 1.17.